The van der Waals surface area contributed by atoms with E-state index >= 15 is 0 Å². The highest BCUT2D eigenvalue weighted by Crippen LogP contribution is 2.04. The van der Waals surface area contributed by atoms with Crippen LogP contribution in [0.2, 0.25) is 0 Å². The predicted molar refractivity (Wildman–Crippen MR) is 61.2 cm³/mol. The molecule has 0 aromatic heterocycles. The maximum atomic E-state index is 9.45. The fourth-order valence-electron chi connectivity index (χ4n) is 1.33. The van der Waals surface area contributed by atoms with Gasteiger partial charge in [0.25, 0.3) is 0 Å². The average Bonchev–Trinajstić information content (AvgIpc) is 2.38. The first kappa shape index (κ1) is 14.1. The lowest BCUT2D eigenvalue weighted by Gasteiger charge is -2.21. The monoisotopic (exact) mass is 242 g/mol. The zero-order chi connectivity index (χ0) is 12.7. The zero-order valence-corrected chi connectivity index (χ0v) is 9.44. The summed E-state index contributed by atoms with van der Waals surface area (Å²) in [5, 5.41) is 36.5. The molecule has 5 heteroatoms. The molecule has 1 aromatic carbocycles. The molecule has 17 heavy (non-hydrogen) atoms. The topological polar surface area (TPSA) is 90.2 Å². The second kappa shape index (κ2) is 7.37. The maximum absolute atomic E-state index is 9.45. The molecule has 96 valence electrons. The fourth-order valence-corrected chi connectivity index (χ4v) is 1.33. The Kier molecular flexibility index (Phi) is 6.10. The van der Waals surface area contributed by atoms with Crippen molar-refractivity contribution >= 4 is 0 Å². The largest absolute Gasteiger partial charge is 0.394 e. The average molecular weight is 242 g/mol. The number of aliphatic hydroxyl groups excluding tert-OH is 4. The summed E-state index contributed by atoms with van der Waals surface area (Å²) in [6.45, 7) is -0.385. The molecule has 3 atom stereocenters. The molecule has 0 aliphatic rings. The third-order valence-electron chi connectivity index (χ3n) is 2.38. The van der Waals surface area contributed by atoms with Crippen molar-refractivity contribution < 1.29 is 25.2 Å². The Morgan fingerprint density at radius 2 is 1.65 bits per heavy atom. The zero-order valence-electron chi connectivity index (χ0n) is 9.44. The van der Waals surface area contributed by atoms with Crippen LogP contribution < -0.4 is 0 Å². The van der Waals surface area contributed by atoms with Crippen LogP contribution in [0.15, 0.2) is 30.3 Å². The SMILES string of the molecule is OC[C@H](O)[C@@H](O)[C@H](O)COCc1ccccc1. The van der Waals surface area contributed by atoms with E-state index in [9.17, 15) is 10.2 Å². The van der Waals surface area contributed by atoms with E-state index in [4.69, 9.17) is 14.9 Å². The molecule has 5 nitrogen and oxygen atoms in total. The molecule has 0 fully saturated rings. The van der Waals surface area contributed by atoms with Crippen molar-refractivity contribution in [2.24, 2.45) is 0 Å². The van der Waals surface area contributed by atoms with Gasteiger partial charge in [-0.3, -0.25) is 0 Å². The number of rotatable bonds is 7. The molecule has 1 aromatic rings. The molecular formula is C12H18O5. The molecule has 0 aliphatic carbocycles. The van der Waals surface area contributed by atoms with Crippen molar-refractivity contribution in [1.29, 1.82) is 0 Å². The smallest absolute Gasteiger partial charge is 0.110 e. The van der Waals surface area contributed by atoms with Gasteiger partial charge in [-0.1, -0.05) is 30.3 Å². The third kappa shape index (κ3) is 4.80. The minimum Gasteiger partial charge on any atom is -0.394 e. The van der Waals surface area contributed by atoms with Crippen molar-refractivity contribution in [2.75, 3.05) is 13.2 Å². The number of hydrogen-bond acceptors (Lipinski definition) is 5. The van der Waals surface area contributed by atoms with Crippen molar-refractivity contribution in [3.8, 4) is 0 Å². The first-order chi connectivity index (χ1) is 8.15. The number of benzene rings is 1. The van der Waals surface area contributed by atoms with Gasteiger partial charge in [-0.25, -0.2) is 0 Å². The quantitative estimate of drug-likeness (QED) is 0.506. The first-order valence-electron chi connectivity index (χ1n) is 5.42. The van der Waals surface area contributed by atoms with E-state index in [1.165, 1.54) is 0 Å². The van der Waals surface area contributed by atoms with Gasteiger partial charge in [-0.15, -0.1) is 0 Å². The molecule has 0 saturated heterocycles. The van der Waals surface area contributed by atoms with Gasteiger partial charge < -0.3 is 25.2 Å². The Labute approximate surface area is 99.9 Å². The summed E-state index contributed by atoms with van der Waals surface area (Å²) in [6.07, 6.45) is -3.98. The Hall–Kier alpha value is -0.980. The van der Waals surface area contributed by atoms with Crippen molar-refractivity contribution in [3.05, 3.63) is 35.9 Å². The second-order valence-electron chi connectivity index (χ2n) is 3.81. The van der Waals surface area contributed by atoms with Crippen LogP contribution in [0.5, 0.6) is 0 Å². The molecule has 4 N–H and O–H groups in total. The summed E-state index contributed by atoms with van der Waals surface area (Å²) in [5.74, 6) is 0. The molecule has 0 amide bonds. The van der Waals surface area contributed by atoms with Crippen LogP contribution in [0.3, 0.4) is 0 Å². The molecule has 0 spiro atoms. The van der Waals surface area contributed by atoms with E-state index in [0.29, 0.717) is 6.61 Å². The van der Waals surface area contributed by atoms with Crippen LogP contribution in [0, 0.1) is 0 Å². The Morgan fingerprint density at radius 1 is 1.00 bits per heavy atom. The van der Waals surface area contributed by atoms with Gasteiger partial charge in [-0.2, -0.15) is 0 Å². The second-order valence-corrected chi connectivity index (χ2v) is 3.81. The van der Waals surface area contributed by atoms with Gasteiger partial charge in [0.15, 0.2) is 0 Å². The number of ether oxygens (including phenoxy) is 1. The Balaban J connectivity index is 2.27. The lowest BCUT2D eigenvalue weighted by Crippen LogP contribution is -2.41. The van der Waals surface area contributed by atoms with E-state index in [1.807, 2.05) is 30.3 Å². The van der Waals surface area contributed by atoms with Crippen LogP contribution in [0.4, 0.5) is 0 Å². The summed E-state index contributed by atoms with van der Waals surface area (Å²) in [4.78, 5) is 0. The number of hydrogen-bond donors (Lipinski definition) is 4. The highest BCUT2D eigenvalue weighted by Gasteiger charge is 2.23. The molecule has 0 saturated carbocycles. The van der Waals surface area contributed by atoms with Crippen LogP contribution in [0.1, 0.15) is 5.56 Å². The van der Waals surface area contributed by atoms with Crippen LogP contribution >= 0.6 is 0 Å². The summed E-state index contributed by atoms with van der Waals surface area (Å²) in [7, 11) is 0. The highest BCUT2D eigenvalue weighted by atomic mass is 16.5. The standard InChI is InChI=1S/C12H18O5/c13-6-10(14)12(16)11(15)8-17-7-9-4-2-1-3-5-9/h1-5,10-16H,6-8H2/t10-,11+,12+/m0/s1. The minimum atomic E-state index is -1.41. The van der Waals surface area contributed by atoms with Gasteiger partial charge >= 0.3 is 0 Å². The molecule has 1 rings (SSSR count). The predicted octanol–water partition coefficient (Wildman–Crippen LogP) is -0.722. The Bertz CT molecular complexity index is 303. The summed E-state index contributed by atoms with van der Waals surface area (Å²) in [5.41, 5.74) is 0.955. The van der Waals surface area contributed by atoms with Crippen molar-refractivity contribution in [1.82, 2.24) is 0 Å². The van der Waals surface area contributed by atoms with Gasteiger partial charge in [0.1, 0.15) is 18.3 Å². The lowest BCUT2D eigenvalue weighted by atomic mass is 10.1. The van der Waals surface area contributed by atoms with Gasteiger partial charge in [0.2, 0.25) is 0 Å². The lowest BCUT2D eigenvalue weighted by molar-refractivity contribution is -0.101. The Morgan fingerprint density at radius 3 is 2.24 bits per heavy atom. The first-order valence-corrected chi connectivity index (χ1v) is 5.42. The maximum Gasteiger partial charge on any atom is 0.110 e. The molecule has 0 unspecified atom stereocenters. The van der Waals surface area contributed by atoms with Gasteiger partial charge in [0, 0.05) is 0 Å². The minimum absolute atomic E-state index is 0.104. The van der Waals surface area contributed by atoms with E-state index < -0.39 is 24.9 Å². The molecule has 0 radical (unpaired) electrons. The molecule has 0 bridgehead atoms. The van der Waals surface area contributed by atoms with Gasteiger partial charge in [-0.05, 0) is 5.56 Å². The number of aliphatic hydroxyl groups is 4. The van der Waals surface area contributed by atoms with Gasteiger partial charge in [0.05, 0.1) is 19.8 Å². The molecule has 0 heterocycles. The van der Waals surface area contributed by atoms with E-state index in [0.717, 1.165) is 5.56 Å². The third-order valence-corrected chi connectivity index (χ3v) is 2.38. The van der Waals surface area contributed by atoms with Crippen LogP contribution in [-0.4, -0.2) is 52.0 Å². The van der Waals surface area contributed by atoms with E-state index in [1.54, 1.807) is 0 Å². The summed E-state index contributed by atoms with van der Waals surface area (Å²) >= 11 is 0. The van der Waals surface area contributed by atoms with Crippen LogP contribution in [-0.2, 0) is 11.3 Å². The highest BCUT2D eigenvalue weighted by molar-refractivity contribution is 5.13. The molecule has 0 aliphatic heterocycles. The van der Waals surface area contributed by atoms with Crippen molar-refractivity contribution in [2.45, 2.75) is 24.9 Å². The molecular weight excluding hydrogens is 224 g/mol. The normalized spacial score (nSPS) is 16.5. The summed E-state index contributed by atoms with van der Waals surface area (Å²) in [6, 6.07) is 9.40. The van der Waals surface area contributed by atoms with Crippen molar-refractivity contribution in [3.63, 3.8) is 0 Å². The van der Waals surface area contributed by atoms with Crippen LogP contribution in [0.25, 0.3) is 0 Å². The fraction of sp³-hybridized carbons (Fsp3) is 0.500. The van der Waals surface area contributed by atoms with E-state index in [2.05, 4.69) is 0 Å². The summed E-state index contributed by atoms with van der Waals surface area (Å²) < 4.78 is 5.19. The van der Waals surface area contributed by atoms with E-state index in [-0.39, 0.29) is 6.61 Å².